The van der Waals surface area contributed by atoms with Gasteiger partial charge in [-0.25, -0.2) is 0 Å². The number of hydrogen-bond acceptors (Lipinski definition) is 2. The van der Waals surface area contributed by atoms with E-state index < -0.39 is 0 Å². The quantitative estimate of drug-likeness (QED) is 0.642. The van der Waals surface area contributed by atoms with Gasteiger partial charge in [0.2, 0.25) is 0 Å². The molecule has 0 radical (unpaired) electrons. The second-order valence-corrected chi connectivity index (χ2v) is 7.69. The summed E-state index contributed by atoms with van der Waals surface area (Å²) in [6.07, 6.45) is 0. The predicted molar refractivity (Wildman–Crippen MR) is 91.4 cm³/mol. The van der Waals surface area contributed by atoms with Crippen LogP contribution < -0.4 is 5.32 Å². The van der Waals surface area contributed by atoms with Crippen LogP contribution in [0.15, 0.2) is 33.2 Å². The normalized spacial score (nSPS) is 12.7. The Hall–Kier alpha value is 0.130. The third-order valence-electron chi connectivity index (χ3n) is 2.78. The van der Waals surface area contributed by atoms with Crippen molar-refractivity contribution < 1.29 is 0 Å². The fourth-order valence-electron chi connectivity index (χ4n) is 1.98. The zero-order valence-corrected chi connectivity index (χ0v) is 15.4. The number of hydrogen-bond donors (Lipinski definition) is 1. The van der Waals surface area contributed by atoms with E-state index >= 15 is 0 Å². The molecule has 0 bridgehead atoms. The van der Waals surface area contributed by atoms with Crippen LogP contribution >= 0.6 is 54.8 Å². The van der Waals surface area contributed by atoms with E-state index in [9.17, 15) is 0 Å². The summed E-state index contributed by atoms with van der Waals surface area (Å²) in [4.78, 5) is 2.56. The third-order valence-corrected chi connectivity index (χ3v) is 5.63. The maximum atomic E-state index is 6.39. The summed E-state index contributed by atoms with van der Waals surface area (Å²) < 4.78 is 2.14. The van der Waals surface area contributed by atoms with Crippen molar-refractivity contribution in [3.63, 3.8) is 0 Å². The Morgan fingerprint density at radius 3 is 2.58 bits per heavy atom. The molecule has 0 saturated heterocycles. The van der Waals surface area contributed by atoms with Crippen LogP contribution in [0.5, 0.6) is 0 Å². The number of rotatable bonds is 4. The molecular weight excluding hydrogens is 409 g/mol. The van der Waals surface area contributed by atoms with Crippen LogP contribution in [0.3, 0.4) is 0 Å². The standard InChI is InChI=1S/C14H14Br2ClNS/c1-3-18-13(14-11(16)6-8(2)19-14)10-5-4-9(15)7-12(10)17/h4-7,13,18H,3H2,1-2H3. The fourth-order valence-corrected chi connectivity index (χ4v) is 4.74. The molecule has 19 heavy (non-hydrogen) atoms. The van der Waals surface area contributed by atoms with Gasteiger partial charge in [-0.15, -0.1) is 11.3 Å². The van der Waals surface area contributed by atoms with Crippen LogP contribution in [0.4, 0.5) is 0 Å². The van der Waals surface area contributed by atoms with E-state index in [1.54, 1.807) is 11.3 Å². The Labute approximate surface area is 139 Å². The molecule has 0 spiro atoms. The van der Waals surface area contributed by atoms with Gasteiger partial charge in [-0.3, -0.25) is 0 Å². The third kappa shape index (κ3) is 3.61. The molecule has 1 nitrogen and oxygen atoms in total. The van der Waals surface area contributed by atoms with Crippen LogP contribution in [-0.4, -0.2) is 6.54 Å². The van der Waals surface area contributed by atoms with Crippen molar-refractivity contribution in [2.75, 3.05) is 6.54 Å². The van der Waals surface area contributed by atoms with E-state index in [0.717, 1.165) is 26.1 Å². The van der Waals surface area contributed by atoms with E-state index in [4.69, 9.17) is 11.6 Å². The summed E-state index contributed by atoms with van der Waals surface area (Å²) >= 11 is 15.3. The van der Waals surface area contributed by atoms with Crippen molar-refractivity contribution in [3.05, 3.63) is 53.6 Å². The van der Waals surface area contributed by atoms with Gasteiger partial charge in [0.25, 0.3) is 0 Å². The highest BCUT2D eigenvalue weighted by atomic mass is 79.9. The molecule has 1 unspecified atom stereocenters. The first kappa shape index (κ1) is 15.5. The minimum absolute atomic E-state index is 0.124. The second kappa shape index (κ2) is 6.72. The van der Waals surface area contributed by atoms with Crippen LogP contribution in [0.2, 0.25) is 5.02 Å². The molecule has 1 aromatic carbocycles. The molecular formula is C14H14Br2ClNS. The maximum absolute atomic E-state index is 6.39. The Kier molecular flexibility index (Phi) is 5.49. The fraction of sp³-hybridized carbons (Fsp3) is 0.286. The molecule has 1 aromatic heterocycles. The average Bonchev–Trinajstić information content (AvgIpc) is 2.66. The number of halogens is 3. The van der Waals surface area contributed by atoms with Gasteiger partial charge in [0.05, 0.1) is 6.04 Å². The lowest BCUT2D eigenvalue weighted by atomic mass is 10.1. The van der Waals surface area contributed by atoms with Crippen molar-refractivity contribution >= 4 is 54.8 Å². The summed E-state index contributed by atoms with van der Waals surface area (Å²) in [5, 5.41) is 4.29. The zero-order chi connectivity index (χ0) is 14.0. The molecule has 2 aromatic rings. The number of thiophene rings is 1. The predicted octanol–water partition coefficient (Wildman–Crippen LogP) is 5.93. The molecule has 2 rings (SSSR count). The SMILES string of the molecule is CCNC(c1ccc(Br)cc1Cl)c1sc(C)cc1Br. The Bertz CT molecular complexity index is 583. The Morgan fingerprint density at radius 2 is 2.05 bits per heavy atom. The minimum atomic E-state index is 0.124. The molecule has 0 aliphatic carbocycles. The lowest BCUT2D eigenvalue weighted by molar-refractivity contribution is 0.638. The second-order valence-electron chi connectivity index (χ2n) is 4.23. The zero-order valence-electron chi connectivity index (χ0n) is 10.6. The molecule has 1 N–H and O–H groups in total. The summed E-state index contributed by atoms with van der Waals surface area (Å²) in [5.74, 6) is 0. The van der Waals surface area contributed by atoms with Gasteiger partial charge in [-0.2, -0.15) is 0 Å². The number of aryl methyl sites for hydroxylation is 1. The molecule has 1 atom stereocenters. The monoisotopic (exact) mass is 421 g/mol. The molecule has 0 fully saturated rings. The molecule has 5 heteroatoms. The molecule has 102 valence electrons. The van der Waals surface area contributed by atoms with Crippen LogP contribution in [-0.2, 0) is 0 Å². The van der Waals surface area contributed by atoms with Crippen molar-refractivity contribution in [2.24, 2.45) is 0 Å². The van der Waals surface area contributed by atoms with E-state index in [-0.39, 0.29) is 6.04 Å². The van der Waals surface area contributed by atoms with Crippen molar-refractivity contribution in [1.82, 2.24) is 5.32 Å². The average molecular weight is 424 g/mol. The van der Waals surface area contributed by atoms with Gasteiger partial charge in [0, 0.05) is 23.7 Å². The van der Waals surface area contributed by atoms with Crippen molar-refractivity contribution in [2.45, 2.75) is 19.9 Å². The summed E-state index contributed by atoms with van der Waals surface area (Å²) in [6, 6.07) is 8.31. The molecule has 0 aliphatic heterocycles. The summed E-state index contributed by atoms with van der Waals surface area (Å²) in [7, 11) is 0. The topological polar surface area (TPSA) is 12.0 Å². The summed E-state index contributed by atoms with van der Waals surface area (Å²) in [5.41, 5.74) is 1.11. The van der Waals surface area contributed by atoms with E-state index in [2.05, 4.69) is 63.2 Å². The minimum Gasteiger partial charge on any atom is -0.306 e. The van der Waals surface area contributed by atoms with E-state index in [1.807, 2.05) is 12.1 Å². The number of benzene rings is 1. The van der Waals surface area contributed by atoms with Gasteiger partial charge >= 0.3 is 0 Å². The lowest BCUT2D eigenvalue weighted by Gasteiger charge is -2.19. The molecule has 0 saturated carbocycles. The van der Waals surface area contributed by atoms with Gasteiger partial charge in [-0.1, -0.05) is 40.5 Å². The van der Waals surface area contributed by atoms with Gasteiger partial charge < -0.3 is 5.32 Å². The molecule has 1 heterocycles. The van der Waals surface area contributed by atoms with Crippen LogP contribution in [0, 0.1) is 6.92 Å². The first-order chi connectivity index (χ1) is 9.02. The van der Waals surface area contributed by atoms with Gasteiger partial charge in [0.1, 0.15) is 0 Å². The van der Waals surface area contributed by atoms with Crippen molar-refractivity contribution in [1.29, 1.82) is 0 Å². The first-order valence-corrected chi connectivity index (χ1v) is 8.75. The largest absolute Gasteiger partial charge is 0.306 e. The Morgan fingerprint density at radius 1 is 1.32 bits per heavy atom. The highest BCUT2D eigenvalue weighted by Crippen LogP contribution is 2.38. The van der Waals surface area contributed by atoms with Crippen LogP contribution in [0.1, 0.15) is 28.3 Å². The molecule has 0 aliphatic rings. The highest BCUT2D eigenvalue weighted by molar-refractivity contribution is 9.10. The van der Waals surface area contributed by atoms with Gasteiger partial charge in [-0.05, 0) is 53.2 Å². The molecule has 0 amide bonds. The lowest BCUT2D eigenvalue weighted by Crippen LogP contribution is -2.21. The van der Waals surface area contributed by atoms with Crippen LogP contribution in [0.25, 0.3) is 0 Å². The Balaban J connectivity index is 2.48. The smallest absolute Gasteiger partial charge is 0.0697 e. The maximum Gasteiger partial charge on any atom is 0.0697 e. The number of nitrogens with one attached hydrogen (secondary N) is 1. The summed E-state index contributed by atoms with van der Waals surface area (Å²) in [6.45, 7) is 5.11. The van der Waals surface area contributed by atoms with Crippen molar-refractivity contribution in [3.8, 4) is 0 Å². The highest BCUT2D eigenvalue weighted by Gasteiger charge is 2.20. The first-order valence-electron chi connectivity index (χ1n) is 5.97. The van der Waals surface area contributed by atoms with E-state index in [1.165, 1.54) is 9.75 Å². The van der Waals surface area contributed by atoms with Gasteiger partial charge in [0.15, 0.2) is 0 Å². The van der Waals surface area contributed by atoms with E-state index in [0.29, 0.717) is 0 Å².